The SMILES string of the molecule is O=C(C[NH+]1CCN(C(=O)c2ccncc2)CC1)Nc1ccccc1Cl. The zero-order chi connectivity index (χ0) is 17.6. The molecule has 1 fully saturated rings. The van der Waals surface area contributed by atoms with E-state index in [-0.39, 0.29) is 11.8 Å². The number of para-hydroxylation sites is 1. The van der Waals surface area contributed by atoms with Crippen LogP contribution in [-0.2, 0) is 4.79 Å². The molecule has 7 heteroatoms. The minimum atomic E-state index is -0.0722. The van der Waals surface area contributed by atoms with Gasteiger partial charge in [0.25, 0.3) is 11.8 Å². The first-order valence-corrected chi connectivity index (χ1v) is 8.58. The van der Waals surface area contributed by atoms with Crippen molar-refractivity contribution in [3.05, 3.63) is 59.4 Å². The first kappa shape index (κ1) is 17.4. The molecule has 2 N–H and O–H groups in total. The smallest absolute Gasteiger partial charge is 0.279 e. The van der Waals surface area contributed by atoms with Crippen molar-refractivity contribution in [2.75, 3.05) is 38.0 Å². The molecule has 3 rings (SSSR count). The van der Waals surface area contributed by atoms with Crippen LogP contribution in [0.5, 0.6) is 0 Å². The molecule has 2 amide bonds. The van der Waals surface area contributed by atoms with Crippen LogP contribution in [0.4, 0.5) is 5.69 Å². The molecule has 0 spiro atoms. The van der Waals surface area contributed by atoms with Crippen molar-refractivity contribution in [3.63, 3.8) is 0 Å². The summed E-state index contributed by atoms with van der Waals surface area (Å²) in [4.78, 5) is 31.5. The maximum absolute atomic E-state index is 12.4. The molecule has 0 bridgehead atoms. The fraction of sp³-hybridized carbons (Fsp3) is 0.278. The molecule has 1 saturated heterocycles. The number of amides is 2. The highest BCUT2D eigenvalue weighted by Gasteiger charge is 2.26. The molecular weight excluding hydrogens is 340 g/mol. The largest absolute Gasteiger partial charge is 0.327 e. The fourth-order valence-corrected chi connectivity index (χ4v) is 3.05. The monoisotopic (exact) mass is 359 g/mol. The Hall–Kier alpha value is -2.44. The number of rotatable bonds is 4. The van der Waals surface area contributed by atoms with Gasteiger partial charge < -0.3 is 15.1 Å². The maximum atomic E-state index is 12.4. The number of aromatic nitrogens is 1. The fourth-order valence-electron chi connectivity index (χ4n) is 2.86. The Balaban J connectivity index is 1.48. The highest BCUT2D eigenvalue weighted by Crippen LogP contribution is 2.19. The minimum absolute atomic E-state index is 0.0157. The Bertz CT molecular complexity index is 746. The topological polar surface area (TPSA) is 66.7 Å². The summed E-state index contributed by atoms with van der Waals surface area (Å²) >= 11 is 6.05. The second kappa shape index (κ2) is 8.09. The highest BCUT2D eigenvalue weighted by molar-refractivity contribution is 6.33. The van der Waals surface area contributed by atoms with E-state index >= 15 is 0 Å². The molecule has 1 aliphatic rings. The molecular formula is C18H20ClN4O2+. The number of benzene rings is 1. The second-order valence-corrected chi connectivity index (χ2v) is 6.39. The average Bonchev–Trinajstić information content (AvgIpc) is 2.64. The Morgan fingerprint density at radius 2 is 1.80 bits per heavy atom. The zero-order valence-corrected chi connectivity index (χ0v) is 14.5. The van der Waals surface area contributed by atoms with Crippen molar-refractivity contribution < 1.29 is 14.5 Å². The molecule has 6 nitrogen and oxygen atoms in total. The van der Waals surface area contributed by atoms with Gasteiger partial charge in [-0.25, -0.2) is 0 Å². The van der Waals surface area contributed by atoms with Gasteiger partial charge in [0.15, 0.2) is 6.54 Å². The van der Waals surface area contributed by atoms with E-state index in [0.717, 1.165) is 18.0 Å². The molecule has 2 aromatic rings. The number of nitrogens with one attached hydrogen (secondary N) is 2. The van der Waals surface area contributed by atoms with E-state index in [1.807, 2.05) is 17.0 Å². The number of hydrogen-bond donors (Lipinski definition) is 2. The predicted octanol–water partition coefficient (Wildman–Crippen LogP) is 0.714. The van der Waals surface area contributed by atoms with E-state index in [1.54, 1.807) is 36.7 Å². The Morgan fingerprint density at radius 3 is 2.48 bits per heavy atom. The number of hydrogen-bond acceptors (Lipinski definition) is 3. The van der Waals surface area contributed by atoms with Crippen molar-refractivity contribution in [3.8, 4) is 0 Å². The Kier molecular flexibility index (Phi) is 5.63. The van der Waals surface area contributed by atoms with Gasteiger partial charge in [-0.1, -0.05) is 23.7 Å². The summed E-state index contributed by atoms with van der Waals surface area (Å²) in [5.41, 5.74) is 1.27. The van der Waals surface area contributed by atoms with Gasteiger partial charge in [-0.05, 0) is 24.3 Å². The van der Waals surface area contributed by atoms with E-state index in [1.165, 1.54) is 0 Å². The third-order valence-electron chi connectivity index (χ3n) is 4.24. The van der Waals surface area contributed by atoms with Crippen LogP contribution in [-0.4, -0.2) is 54.4 Å². The van der Waals surface area contributed by atoms with Gasteiger partial charge in [0.05, 0.1) is 36.9 Å². The van der Waals surface area contributed by atoms with E-state index < -0.39 is 0 Å². The first-order chi connectivity index (χ1) is 12.1. The summed E-state index contributed by atoms with van der Waals surface area (Å²) in [6.45, 7) is 3.12. The van der Waals surface area contributed by atoms with Gasteiger partial charge >= 0.3 is 0 Å². The van der Waals surface area contributed by atoms with Gasteiger partial charge in [-0.15, -0.1) is 0 Å². The summed E-state index contributed by atoms with van der Waals surface area (Å²) in [7, 11) is 0. The van der Waals surface area contributed by atoms with E-state index in [0.29, 0.717) is 35.9 Å². The van der Waals surface area contributed by atoms with Gasteiger partial charge in [0.2, 0.25) is 0 Å². The van der Waals surface area contributed by atoms with Crippen LogP contribution in [0.2, 0.25) is 5.02 Å². The summed E-state index contributed by atoms with van der Waals surface area (Å²) in [5, 5.41) is 3.36. The minimum Gasteiger partial charge on any atom is -0.327 e. The lowest BCUT2D eigenvalue weighted by molar-refractivity contribution is -0.895. The van der Waals surface area contributed by atoms with Crippen molar-refractivity contribution >= 4 is 29.1 Å². The van der Waals surface area contributed by atoms with Crippen LogP contribution in [0.3, 0.4) is 0 Å². The average molecular weight is 360 g/mol. The van der Waals surface area contributed by atoms with Gasteiger partial charge in [0.1, 0.15) is 0 Å². The van der Waals surface area contributed by atoms with Crippen LogP contribution < -0.4 is 10.2 Å². The quantitative estimate of drug-likeness (QED) is 0.845. The third kappa shape index (κ3) is 4.55. The van der Waals surface area contributed by atoms with Crippen molar-refractivity contribution in [1.29, 1.82) is 0 Å². The number of carbonyl (C=O) groups is 2. The number of piperazine rings is 1. The van der Waals surface area contributed by atoms with Crippen LogP contribution >= 0.6 is 11.6 Å². The second-order valence-electron chi connectivity index (χ2n) is 5.98. The van der Waals surface area contributed by atoms with E-state index in [2.05, 4.69) is 10.3 Å². The number of pyridine rings is 1. The highest BCUT2D eigenvalue weighted by atomic mass is 35.5. The summed E-state index contributed by atoms with van der Waals surface area (Å²) in [5.74, 6) is -0.0565. The number of halogens is 1. The lowest BCUT2D eigenvalue weighted by Crippen LogP contribution is -3.15. The zero-order valence-electron chi connectivity index (χ0n) is 13.7. The number of nitrogens with zero attached hydrogens (tertiary/aromatic N) is 2. The van der Waals surface area contributed by atoms with Gasteiger partial charge in [0, 0.05) is 18.0 Å². The number of anilines is 1. The summed E-state index contributed by atoms with van der Waals surface area (Å²) < 4.78 is 0. The summed E-state index contributed by atoms with van der Waals surface area (Å²) in [6, 6.07) is 10.6. The van der Waals surface area contributed by atoms with Crippen LogP contribution in [0, 0.1) is 0 Å². The normalized spacial score (nSPS) is 15.0. The molecule has 0 saturated carbocycles. The van der Waals surface area contributed by atoms with Crippen molar-refractivity contribution in [1.82, 2.24) is 9.88 Å². The molecule has 1 aromatic heterocycles. The molecule has 1 aromatic carbocycles. The van der Waals surface area contributed by atoms with Crippen molar-refractivity contribution in [2.45, 2.75) is 0 Å². The Labute approximate surface area is 151 Å². The molecule has 0 unspecified atom stereocenters. The molecule has 0 atom stereocenters. The molecule has 25 heavy (non-hydrogen) atoms. The van der Waals surface area contributed by atoms with Crippen LogP contribution in [0.15, 0.2) is 48.8 Å². The standard InChI is InChI=1S/C18H19ClN4O2/c19-15-3-1-2-4-16(15)21-17(24)13-22-9-11-23(12-10-22)18(25)14-5-7-20-8-6-14/h1-8H,9-13H2,(H,21,24)/p+1. The maximum Gasteiger partial charge on any atom is 0.279 e. The summed E-state index contributed by atoms with van der Waals surface area (Å²) in [6.07, 6.45) is 3.24. The third-order valence-corrected chi connectivity index (χ3v) is 4.57. The Morgan fingerprint density at radius 1 is 1.12 bits per heavy atom. The van der Waals surface area contributed by atoms with Crippen LogP contribution in [0.25, 0.3) is 0 Å². The molecule has 2 heterocycles. The van der Waals surface area contributed by atoms with Gasteiger partial charge in [-0.3, -0.25) is 14.6 Å². The molecule has 0 radical (unpaired) electrons. The van der Waals surface area contributed by atoms with E-state index in [9.17, 15) is 9.59 Å². The number of carbonyl (C=O) groups excluding carboxylic acids is 2. The molecule has 1 aliphatic heterocycles. The van der Waals surface area contributed by atoms with Crippen molar-refractivity contribution in [2.24, 2.45) is 0 Å². The lowest BCUT2D eigenvalue weighted by atomic mass is 10.2. The van der Waals surface area contributed by atoms with Gasteiger partial charge in [-0.2, -0.15) is 0 Å². The lowest BCUT2D eigenvalue weighted by Gasteiger charge is -2.31. The first-order valence-electron chi connectivity index (χ1n) is 8.21. The van der Waals surface area contributed by atoms with Crippen LogP contribution in [0.1, 0.15) is 10.4 Å². The predicted molar refractivity (Wildman–Crippen MR) is 95.8 cm³/mol. The number of quaternary nitrogens is 1. The van der Waals surface area contributed by atoms with E-state index in [4.69, 9.17) is 11.6 Å². The molecule has 130 valence electrons. The molecule has 0 aliphatic carbocycles.